The summed E-state index contributed by atoms with van der Waals surface area (Å²) in [7, 11) is 4.30. The van der Waals surface area contributed by atoms with Crippen molar-refractivity contribution in [1.82, 2.24) is 15.1 Å². The largest absolute Gasteiger partial charge is 0.314 e. The van der Waals surface area contributed by atoms with E-state index in [4.69, 9.17) is 0 Å². The lowest BCUT2D eigenvalue weighted by atomic mass is 10.1. The topological polar surface area (TPSA) is 18.5 Å². The highest BCUT2D eigenvalue weighted by atomic mass is 15.1. The maximum atomic E-state index is 3.63. The Morgan fingerprint density at radius 2 is 1.94 bits per heavy atom. The maximum Gasteiger partial charge on any atom is 0.00683 e. The summed E-state index contributed by atoms with van der Waals surface area (Å²) in [6.07, 6.45) is 4.07. The van der Waals surface area contributed by atoms with Crippen LogP contribution < -0.4 is 5.32 Å². The van der Waals surface area contributed by atoms with Crippen molar-refractivity contribution in [3.8, 4) is 0 Å². The van der Waals surface area contributed by atoms with Crippen LogP contribution in [-0.2, 0) is 0 Å². The molecule has 1 fully saturated rings. The average molecular weight is 241 g/mol. The molecule has 102 valence electrons. The molecule has 1 saturated carbocycles. The van der Waals surface area contributed by atoms with Gasteiger partial charge in [0.15, 0.2) is 0 Å². The van der Waals surface area contributed by atoms with Crippen molar-refractivity contribution in [2.75, 3.05) is 46.8 Å². The van der Waals surface area contributed by atoms with Crippen molar-refractivity contribution in [2.45, 2.75) is 39.2 Å². The second-order valence-corrected chi connectivity index (χ2v) is 5.84. The SMILES string of the molecule is CCN(CCCN(C)C)CC(C)CNC1CC1. The minimum Gasteiger partial charge on any atom is -0.314 e. The van der Waals surface area contributed by atoms with Crippen LogP contribution in [0.5, 0.6) is 0 Å². The van der Waals surface area contributed by atoms with E-state index in [0.717, 1.165) is 12.0 Å². The minimum absolute atomic E-state index is 0.773. The van der Waals surface area contributed by atoms with Crippen molar-refractivity contribution in [3.63, 3.8) is 0 Å². The number of nitrogens with one attached hydrogen (secondary N) is 1. The lowest BCUT2D eigenvalue weighted by Gasteiger charge is -2.25. The molecule has 17 heavy (non-hydrogen) atoms. The molecule has 0 radical (unpaired) electrons. The predicted octanol–water partition coefficient (Wildman–Crippen LogP) is 1.65. The van der Waals surface area contributed by atoms with Crippen LogP contribution in [-0.4, -0.2) is 62.7 Å². The van der Waals surface area contributed by atoms with E-state index in [2.05, 4.69) is 43.1 Å². The molecule has 0 aromatic heterocycles. The van der Waals surface area contributed by atoms with Gasteiger partial charge in [-0.25, -0.2) is 0 Å². The minimum atomic E-state index is 0.773. The van der Waals surface area contributed by atoms with Crippen LogP contribution in [0.1, 0.15) is 33.1 Å². The number of hydrogen-bond donors (Lipinski definition) is 1. The van der Waals surface area contributed by atoms with E-state index < -0.39 is 0 Å². The second-order valence-electron chi connectivity index (χ2n) is 5.84. The average Bonchev–Trinajstić information content (AvgIpc) is 3.08. The zero-order valence-corrected chi connectivity index (χ0v) is 12.2. The Labute approximate surface area is 108 Å². The Balaban J connectivity index is 2.06. The van der Waals surface area contributed by atoms with Crippen molar-refractivity contribution < 1.29 is 0 Å². The molecule has 3 heteroatoms. The van der Waals surface area contributed by atoms with Crippen LogP contribution in [0.15, 0.2) is 0 Å². The molecule has 0 aliphatic heterocycles. The molecule has 0 spiro atoms. The van der Waals surface area contributed by atoms with E-state index in [9.17, 15) is 0 Å². The van der Waals surface area contributed by atoms with Gasteiger partial charge in [0.05, 0.1) is 0 Å². The first-order valence-electron chi connectivity index (χ1n) is 7.22. The van der Waals surface area contributed by atoms with Crippen molar-refractivity contribution in [1.29, 1.82) is 0 Å². The fourth-order valence-corrected chi connectivity index (χ4v) is 2.15. The van der Waals surface area contributed by atoms with Crippen LogP contribution in [0.4, 0.5) is 0 Å². The van der Waals surface area contributed by atoms with Crippen molar-refractivity contribution in [2.24, 2.45) is 5.92 Å². The van der Waals surface area contributed by atoms with Crippen molar-refractivity contribution in [3.05, 3.63) is 0 Å². The van der Waals surface area contributed by atoms with Crippen LogP contribution in [0.25, 0.3) is 0 Å². The first-order valence-corrected chi connectivity index (χ1v) is 7.22. The first-order chi connectivity index (χ1) is 8.11. The van der Waals surface area contributed by atoms with Gasteiger partial charge in [-0.1, -0.05) is 13.8 Å². The summed E-state index contributed by atoms with van der Waals surface area (Å²) in [6.45, 7) is 10.7. The zero-order chi connectivity index (χ0) is 12.7. The van der Waals surface area contributed by atoms with Gasteiger partial charge in [-0.2, -0.15) is 0 Å². The molecule has 0 amide bonds. The van der Waals surface area contributed by atoms with Gasteiger partial charge in [0, 0.05) is 12.6 Å². The summed E-state index contributed by atoms with van der Waals surface area (Å²) < 4.78 is 0. The Hall–Kier alpha value is -0.120. The Morgan fingerprint density at radius 3 is 2.47 bits per heavy atom. The quantitative estimate of drug-likeness (QED) is 0.627. The Bertz CT molecular complexity index is 190. The van der Waals surface area contributed by atoms with E-state index in [1.54, 1.807) is 0 Å². The molecular formula is C14H31N3. The summed E-state index contributed by atoms with van der Waals surface area (Å²) >= 11 is 0. The van der Waals surface area contributed by atoms with Crippen LogP contribution >= 0.6 is 0 Å². The van der Waals surface area contributed by atoms with Gasteiger partial charge >= 0.3 is 0 Å². The second kappa shape index (κ2) is 8.06. The molecule has 0 heterocycles. The Morgan fingerprint density at radius 1 is 1.24 bits per heavy atom. The van der Waals surface area contributed by atoms with Gasteiger partial charge < -0.3 is 15.1 Å². The van der Waals surface area contributed by atoms with E-state index in [0.29, 0.717) is 0 Å². The van der Waals surface area contributed by atoms with Gasteiger partial charge in [0.2, 0.25) is 0 Å². The smallest absolute Gasteiger partial charge is 0.00683 e. The fourth-order valence-electron chi connectivity index (χ4n) is 2.15. The third kappa shape index (κ3) is 7.74. The molecule has 1 unspecified atom stereocenters. The number of rotatable bonds is 10. The predicted molar refractivity (Wildman–Crippen MR) is 75.5 cm³/mol. The molecule has 1 N–H and O–H groups in total. The molecule has 1 aliphatic rings. The molecular weight excluding hydrogens is 210 g/mol. The number of nitrogens with zero attached hydrogens (tertiary/aromatic N) is 2. The van der Waals surface area contributed by atoms with E-state index >= 15 is 0 Å². The third-order valence-electron chi connectivity index (χ3n) is 3.43. The maximum absolute atomic E-state index is 3.63. The molecule has 0 aromatic carbocycles. The number of hydrogen-bond acceptors (Lipinski definition) is 3. The van der Waals surface area contributed by atoms with Gasteiger partial charge in [-0.05, 0) is 65.5 Å². The normalized spacial score (nSPS) is 18.0. The van der Waals surface area contributed by atoms with Gasteiger partial charge in [-0.15, -0.1) is 0 Å². The highest BCUT2D eigenvalue weighted by molar-refractivity contribution is 4.81. The van der Waals surface area contributed by atoms with Gasteiger partial charge in [0.1, 0.15) is 0 Å². The summed E-state index contributed by atoms with van der Waals surface area (Å²) in [5.74, 6) is 0.773. The van der Waals surface area contributed by atoms with Crippen LogP contribution in [0.2, 0.25) is 0 Å². The summed E-state index contributed by atoms with van der Waals surface area (Å²) in [5, 5.41) is 3.63. The monoisotopic (exact) mass is 241 g/mol. The fraction of sp³-hybridized carbons (Fsp3) is 1.00. The van der Waals surface area contributed by atoms with E-state index in [1.807, 2.05) is 0 Å². The molecule has 0 bridgehead atoms. The Kier molecular flexibility index (Phi) is 7.09. The van der Waals surface area contributed by atoms with Crippen LogP contribution in [0, 0.1) is 5.92 Å². The molecule has 1 atom stereocenters. The van der Waals surface area contributed by atoms with E-state index in [-0.39, 0.29) is 0 Å². The third-order valence-corrected chi connectivity index (χ3v) is 3.43. The highest BCUT2D eigenvalue weighted by Gasteiger charge is 2.21. The zero-order valence-electron chi connectivity index (χ0n) is 12.2. The lowest BCUT2D eigenvalue weighted by molar-refractivity contribution is 0.232. The molecule has 1 aliphatic carbocycles. The molecule has 0 saturated heterocycles. The highest BCUT2D eigenvalue weighted by Crippen LogP contribution is 2.18. The molecule has 3 nitrogen and oxygen atoms in total. The molecule has 0 aromatic rings. The van der Waals surface area contributed by atoms with Crippen molar-refractivity contribution >= 4 is 0 Å². The van der Waals surface area contributed by atoms with Gasteiger partial charge in [0.25, 0.3) is 0 Å². The lowest BCUT2D eigenvalue weighted by Crippen LogP contribution is -2.35. The summed E-state index contributed by atoms with van der Waals surface area (Å²) in [6, 6.07) is 0.848. The van der Waals surface area contributed by atoms with E-state index in [1.165, 1.54) is 52.0 Å². The van der Waals surface area contributed by atoms with Gasteiger partial charge in [-0.3, -0.25) is 0 Å². The summed E-state index contributed by atoms with van der Waals surface area (Å²) in [5.41, 5.74) is 0. The molecule has 1 rings (SSSR count). The standard InChI is InChI=1S/C14H31N3/c1-5-17(10-6-9-16(3)4)12-13(2)11-15-14-7-8-14/h13-15H,5-12H2,1-4H3. The van der Waals surface area contributed by atoms with Crippen LogP contribution in [0.3, 0.4) is 0 Å². The summed E-state index contributed by atoms with van der Waals surface area (Å²) in [4.78, 5) is 4.86. The first kappa shape index (κ1) is 14.9.